The lowest BCUT2D eigenvalue weighted by molar-refractivity contribution is -0.700. The third-order valence-electron chi connectivity index (χ3n) is 4.34. The number of nitrogens with one attached hydrogen (secondary N) is 2. The van der Waals surface area contributed by atoms with E-state index in [4.69, 9.17) is 0 Å². The largest absolute Gasteiger partial charge is 0.508 e. The van der Waals surface area contributed by atoms with Gasteiger partial charge in [-0.05, 0) is 41.6 Å². The normalized spacial score (nSPS) is 10.9. The van der Waals surface area contributed by atoms with Gasteiger partial charge in [0.1, 0.15) is 12.3 Å². The van der Waals surface area contributed by atoms with Crippen LogP contribution in [-0.2, 0) is 11.3 Å². The van der Waals surface area contributed by atoms with Crippen molar-refractivity contribution in [3.05, 3.63) is 84.4 Å². The number of aromatic amines is 1. The first-order valence-corrected chi connectivity index (χ1v) is 9.94. The third-order valence-corrected chi connectivity index (χ3v) is 5.34. The minimum absolute atomic E-state index is 0.125. The summed E-state index contributed by atoms with van der Waals surface area (Å²) in [7, 11) is 0. The van der Waals surface area contributed by atoms with Gasteiger partial charge >= 0.3 is 5.16 Å². The summed E-state index contributed by atoms with van der Waals surface area (Å²) in [5, 5.41) is 13.3. The van der Waals surface area contributed by atoms with Crippen LogP contribution in [0.3, 0.4) is 0 Å². The summed E-state index contributed by atoms with van der Waals surface area (Å²) in [5.74, 6) is 0.263. The summed E-state index contributed by atoms with van der Waals surface area (Å²) in [4.78, 5) is 15.8. The molecule has 0 atom stereocenters. The van der Waals surface area contributed by atoms with Crippen LogP contribution in [0.5, 0.6) is 5.75 Å². The fourth-order valence-corrected chi connectivity index (χ4v) is 3.90. The number of fused-ring (bicyclic) bond motifs is 1. The van der Waals surface area contributed by atoms with Gasteiger partial charge in [-0.25, -0.2) is 9.55 Å². The molecule has 1 heterocycles. The molecule has 0 spiro atoms. The third kappa shape index (κ3) is 4.18. The molecule has 0 aliphatic carbocycles. The molecule has 140 valence electrons. The maximum absolute atomic E-state index is 12.3. The van der Waals surface area contributed by atoms with Crippen molar-refractivity contribution in [2.75, 3.05) is 11.1 Å². The molecule has 0 saturated carbocycles. The Kier molecular flexibility index (Phi) is 5.30. The van der Waals surface area contributed by atoms with E-state index in [2.05, 4.69) is 33.1 Å². The van der Waals surface area contributed by atoms with Crippen LogP contribution in [0.1, 0.15) is 5.56 Å². The Balaban J connectivity index is 1.53. The van der Waals surface area contributed by atoms with E-state index in [1.807, 2.05) is 36.4 Å². The highest BCUT2D eigenvalue weighted by Crippen LogP contribution is 2.20. The standard InChI is InChI=1S/C22H19N3O2S/c26-18-10-6-9-17(13-18)23-21(27)15-28-22-24-19-11-4-5-12-20(19)25(22)14-16-7-2-1-3-8-16/h1-13H,14-15H2,(H2,23,26,27)/p+1. The molecule has 0 unspecified atom stereocenters. The monoisotopic (exact) mass is 390 g/mol. The Hall–Kier alpha value is -3.25. The van der Waals surface area contributed by atoms with Crippen molar-refractivity contribution >= 4 is 34.4 Å². The van der Waals surface area contributed by atoms with Crippen molar-refractivity contribution < 1.29 is 14.5 Å². The van der Waals surface area contributed by atoms with Crippen LogP contribution in [0, 0.1) is 0 Å². The van der Waals surface area contributed by atoms with Gasteiger partial charge in [0.25, 0.3) is 0 Å². The molecule has 0 bridgehead atoms. The number of imidazole rings is 1. The Morgan fingerprint density at radius 3 is 2.61 bits per heavy atom. The van der Waals surface area contributed by atoms with Crippen LogP contribution in [0.15, 0.2) is 84.0 Å². The van der Waals surface area contributed by atoms with Crippen molar-refractivity contribution in [3.8, 4) is 5.75 Å². The molecular formula is C22H20N3O2S+. The number of phenolic OH excluding ortho intramolecular Hbond substituents is 1. The number of hydrogen-bond acceptors (Lipinski definition) is 3. The minimum atomic E-state index is -0.125. The van der Waals surface area contributed by atoms with E-state index in [0.717, 1.165) is 22.7 Å². The van der Waals surface area contributed by atoms with Gasteiger partial charge in [0, 0.05) is 11.8 Å². The van der Waals surface area contributed by atoms with Gasteiger partial charge in [0.05, 0.1) is 5.75 Å². The first-order chi connectivity index (χ1) is 13.7. The summed E-state index contributed by atoms with van der Waals surface area (Å²) < 4.78 is 2.19. The fraction of sp³-hybridized carbons (Fsp3) is 0.0909. The molecule has 1 aromatic heterocycles. The van der Waals surface area contributed by atoms with E-state index in [1.165, 1.54) is 23.4 Å². The predicted molar refractivity (Wildman–Crippen MR) is 111 cm³/mol. The highest BCUT2D eigenvalue weighted by atomic mass is 32.2. The maximum Gasteiger partial charge on any atom is 0.317 e. The fourth-order valence-electron chi connectivity index (χ4n) is 3.06. The second kappa shape index (κ2) is 8.19. The lowest BCUT2D eigenvalue weighted by Gasteiger charge is -2.05. The number of nitrogens with zero attached hydrogens (tertiary/aromatic N) is 1. The number of benzene rings is 3. The van der Waals surface area contributed by atoms with Crippen molar-refractivity contribution in [1.82, 2.24) is 4.98 Å². The van der Waals surface area contributed by atoms with Crippen molar-refractivity contribution in [2.45, 2.75) is 11.7 Å². The number of para-hydroxylation sites is 2. The number of aromatic nitrogens is 2. The molecule has 0 saturated heterocycles. The van der Waals surface area contributed by atoms with Crippen LogP contribution in [-0.4, -0.2) is 21.8 Å². The van der Waals surface area contributed by atoms with Crippen molar-refractivity contribution in [3.63, 3.8) is 0 Å². The molecule has 6 heteroatoms. The first kappa shape index (κ1) is 18.1. The number of thioether (sulfide) groups is 1. The van der Waals surface area contributed by atoms with Gasteiger partial charge in [-0.15, -0.1) is 0 Å². The smallest absolute Gasteiger partial charge is 0.317 e. The topological polar surface area (TPSA) is 69.0 Å². The van der Waals surface area contributed by atoms with Crippen LogP contribution in [0.2, 0.25) is 0 Å². The van der Waals surface area contributed by atoms with Crippen LogP contribution >= 0.6 is 11.8 Å². The molecule has 0 aliphatic heterocycles. The first-order valence-electron chi connectivity index (χ1n) is 8.95. The Bertz CT molecular complexity index is 1110. The number of carbonyl (C=O) groups excluding carboxylic acids is 1. The SMILES string of the molecule is O=C(CSc1[nH]c2ccccc2[n+]1Cc1ccccc1)Nc1cccc(O)c1. The van der Waals surface area contributed by atoms with E-state index < -0.39 is 0 Å². The lowest BCUT2D eigenvalue weighted by Crippen LogP contribution is -2.35. The number of aromatic hydroxyl groups is 1. The second-order valence-electron chi connectivity index (χ2n) is 6.41. The number of carbonyl (C=O) groups is 1. The summed E-state index contributed by atoms with van der Waals surface area (Å²) in [6.45, 7) is 0.724. The average molecular weight is 390 g/mol. The zero-order chi connectivity index (χ0) is 19.3. The molecule has 0 radical (unpaired) electrons. The van der Waals surface area contributed by atoms with E-state index in [1.54, 1.807) is 18.2 Å². The van der Waals surface area contributed by atoms with Crippen LogP contribution in [0.4, 0.5) is 5.69 Å². The number of amides is 1. The summed E-state index contributed by atoms with van der Waals surface area (Å²) in [6.07, 6.45) is 0. The second-order valence-corrected chi connectivity index (χ2v) is 7.37. The van der Waals surface area contributed by atoms with E-state index in [0.29, 0.717) is 5.69 Å². The number of H-pyrrole nitrogens is 1. The molecule has 1 amide bonds. The quantitative estimate of drug-likeness (QED) is 0.345. The average Bonchev–Trinajstić information content (AvgIpc) is 3.05. The zero-order valence-electron chi connectivity index (χ0n) is 15.1. The van der Waals surface area contributed by atoms with Gasteiger partial charge < -0.3 is 10.4 Å². The van der Waals surface area contributed by atoms with Gasteiger partial charge in [-0.2, -0.15) is 0 Å². The van der Waals surface area contributed by atoms with Crippen molar-refractivity contribution in [1.29, 1.82) is 0 Å². The molecule has 0 aliphatic rings. The van der Waals surface area contributed by atoms with Gasteiger partial charge in [0.15, 0.2) is 11.0 Å². The molecule has 4 aromatic rings. The van der Waals surface area contributed by atoms with E-state index in [9.17, 15) is 9.90 Å². The number of rotatable bonds is 6. The van der Waals surface area contributed by atoms with Crippen molar-refractivity contribution in [2.24, 2.45) is 0 Å². The summed E-state index contributed by atoms with van der Waals surface area (Å²) in [5.41, 5.74) is 3.92. The summed E-state index contributed by atoms with van der Waals surface area (Å²) >= 11 is 1.46. The van der Waals surface area contributed by atoms with Crippen LogP contribution < -0.4 is 9.88 Å². The number of phenols is 1. The van der Waals surface area contributed by atoms with Gasteiger partial charge in [-0.3, -0.25) is 4.79 Å². The predicted octanol–water partition coefficient (Wildman–Crippen LogP) is 3.94. The Morgan fingerprint density at radius 2 is 1.79 bits per heavy atom. The molecule has 0 fully saturated rings. The molecular weight excluding hydrogens is 370 g/mol. The molecule has 28 heavy (non-hydrogen) atoms. The van der Waals surface area contributed by atoms with E-state index >= 15 is 0 Å². The maximum atomic E-state index is 12.3. The Morgan fingerprint density at radius 1 is 1.00 bits per heavy atom. The lowest BCUT2D eigenvalue weighted by atomic mass is 10.2. The highest BCUT2D eigenvalue weighted by Gasteiger charge is 2.20. The Labute approximate surface area is 167 Å². The summed E-state index contributed by atoms with van der Waals surface area (Å²) in [6, 6.07) is 24.9. The zero-order valence-corrected chi connectivity index (χ0v) is 15.9. The van der Waals surface area contributed by atoms with Crippen LogP contribution in [0.25, 0.3) is 11.0 Å². The van der Waals surface area contributed by atoms with E-state index in [-0.39, 0.29) is 17.4 Å². The van der Waals surface area contributed by atoms with Gasteiger partial charge in [-0.1, -0.05) is 48.5 Å². The molecule has 4 rings (SSSR count). The number of hydrogen-bond donors (Lipinski definition) is 3. The number of anilines is 1. The molecule has 3 N–H and O–H groups in total. The van der Waals surface area contributed by atoms with Gasteiger partial charge in [0.2, 0.25) is 5.91 Å². The molecule has 5 nitrogen and oxygen atoms in total. The molecule has 3 aromatic carbocycles. The highest BCUT2D eigenvalue weighted by molar-refractivity contribution is 7.99. The minimum Gasteiger partial charge on any atom is -0.508 e.